The van der Waals surface area contributed by atoms with Crippen LogP contribution in [-0.2, 0) is 0 Å². The summed E-state index contributed by atoms with van der Waals surface area (Å²) in [5.74, 6) is 0.0656. The Morgan fingerprint density at radius 2 is 2.00 bits per heavy atom. The lowest BCUT2D eigenvalue weighted by molar-refractivity contribution is 0.353. The molecule has 108 valence electrons. The van der Waals surface area contributed by atoms with E-state index in [9.17, 15) is 4.39 Å². The molecule has 0 aliphatic heterocycles. The number of nitrogens with one attached hydrogen (secondary N) is 1. The predicted octanol–water partition coefficient (Wildman–Crippen LogP) is 5.72. The third-order valence-corrected chi connectivity index (χ3v) is 4.59. The Bertz CT molecular complexity index is 411. The van der Waals surface area contributed by atoms with Gasteiger partial charge in [-0.3, -0.25) is 0 Å². The van der Waals surface area contributed by atoms with Crippen LogP contribution in [0, 0.1) is 11.7 Å². The highest BCUT2D eigenvalue weighted by Crippen LogP contribution is 2.34. The van der Waals surface area contributed by atoms with Crippen LogP contribution in [0.4, 0.5) is 4.39 Å². The maximum Gasteiger partial charge on any atom is 0.147 e. The van der Waals surface area contributed by atoms with E-state index in [-0.39, 0.29) is 16.9 Å². The molecule has 0 amide bonds. The molecule has 1 N–H and O–H groups in total. The molecule has 0 fully saturated rings. The predicted molar refractivity (Wildman–Crippen MR) is 84.2 cm³/mol. The Labute approximate surface area is 129 Å². The quantitative estimate of drug-likeness (QED) is 0.620. The third-order valence-electron chi connectivity index (χ3n) is 3.33. The first-order chi connectivity index (χ1) is 9.02. The molecule has 1 rings (SSSR count). The number of rotatable bonds is 7. The van der Waals surface area contributed by atoms with Crippen LogP contribution in [0.5, 0.6) is 0 Å². The average Bonchev–Trinajstić information content (AvgIpc) is 2.39. The molecule has 0 spiro atoms. The van der Waals surface area contributed by atoms with E-state index in [0.717, 1.165) is 25.8 Å². The topological polar surface area (TPSA) is 12.0 Å². The van der Waals surface area contributed by atoms with Crippen LogP contribution in [0.15, 0.2) is 16.6 Å². The van der Waals surface area contributed by atoms with Gasteiger partial charge in [-0.2, -0.15) is 0 Å². The van der Waals surface area contributed by atoms with E-state index in [1.54, 1.807) is 0 Å². The molecule has 0 saturated carbocycles. The molecule has 2 atom stereocenters. The van der Waals surface area contributed by atoms with E-state index < -0.39 is 0 Å². The van der Waals surface area contributed by atoms with Crippen molar-refractivity contribution in [3.8, 4) is 0 Å². The Balaban J connectivity index is 3.06. The van der Waals surface area contributed by atoms with Crippen LogP contribution in [0.2, 0.25) is 5.02 Å². The van der Waals surface area contributed by atoms with Crippen LogP contribution in [-0.4, -0.2) is 6.54 Å². The fourth-order valence-electron chi connectivity index (χ4n) is 2.32. The maximum atomic E-state index is 14.3. The lowest BCUT2D eigenvalue weighted by atomic mass is 9.90. The Hall–Kier alpha value is -0.120. The molecule has 19 heavy (non-hydrogen) atoms. The minimum atomic E-state index is -0.312. The largest absolute Gasteiger partial charge is 0.310 e. The summed E-state index contributed by atoms with van der Waals surface area (Å²) in [5.41, 5.74) is 0.669. The van der Waals surface area contributed by atoms with E-state index in [2.05, 4.69) is 42.0 Å². The second kappa shape index (κ2) is 8.23. The summed E-state index contributed by atoms with van der Waals surface area (Å²) in [6.07, 6.45) is 3.19. The van der Waals surface area contributed by atoms with Gasteiger partial charge in [0.2, 0.25) is 0 Å². The van der Waals surface area contributed by atoms with Crippen molar-refractivity contribution >= 4 is 27.5 Å². The summed E-state index contributed by atoms with van der Waals surface area (Å²) in [4.78, 5) is 0. The summed E-state index contributed by atoms with van der Waals surface area (Å²) in [7, 11) is 0. The summed E-state index contributed by atoms with van der Waals surface area (Å²) < 4.78 is 14.9. The Morgan fingerprint density at radius 3 is 2.58 bits per heavy atom. The molecule has 0 aliphatic carbocycles. The minimum absolute atomic E-state index is 0.0190. The van der Waals surface area contributed by atoms with Crippen LogP contribution in [0.25, 0.3) is 0 Å². The van der Waals surface area contributed by atoms with Gasteiger partial charge in [0.25, 0.3) is 0 Å². The van der Waals surface area contributed by atoms with Crippen molar-refractivity contribution in [2.45, 2.75) is 46.1 Å². The van der Waals surface area contributed by atoms with Gasteiger partial charge in [0.05, 0.1) is 5.02 Å². The fourth-order valence-corrected chi connectivity index (χ4v) is 2.80. The first kappa shape index (κ1) is 16.9. The highest BCUT2D eigenvalue weighted by Gasteiger charge is 2.23. The summed E-state index contributed by atoms with van der Waals surface area (Å²) in [6.45, 7) is 7.30. The van der Waals surface area contributed by atoms with Crippen molar-refractivity contribution in [3.63, 3.8) is 0 Å². The van der Waals surface area contributed by atoms with Crippen molar-refractivity contribution in [2.75, 3.05) is 6.54 Å². The monoisotopic (exact) mass is 349 g/mol. The van der Waals surface area contributed by atoms with Gasteiger partial charge in [-0.15, -0.1) is 0 Å². The highest BCUT2D eigenvalue weighted by atomic mass is 79.9. The molecule has 1 nitrogen and oxygen atoms in total. The summed E-state index contributed by atoms with van der Waals surface area (Å²) in [5, 5.41) is 3.61. The van der Waals surface area contributed by atoms with E-state index in [1.807, 2.05) is 12.1 Å². The zero-order valence-electron chi connectivity index (χ0n) is 11.8. The van der Waals surface area contributed by atoms with E-state index in [1.165, 1.54) is 0 Å². The number of benzene rings is 1. The van der Waals surface area contributed by atoms with Crippen LogP contribution in [0.1, 0.15) is 51.6 Å². The molecule has 0 aromatic heterocycles. The second-order valence-electron chi connectivity index (χ2n) is 4.96. The zero-order valence-corrected chi connectivity index (χ0v) is 14.1. The molecule has 0 saturated heterocycles. The maximum absolute atomic E-state index is 14.3. The molecule has 0 aliphatic rings. The molecule has 0 radical (unpaired) electrons. The van der Waals surface area contributed by atoms with Gasteiger partial charge in [-0.05, 0) is 47.3 Å². The normalized spacial score (nSPS) is 14.4. The van der Waals surface area contributed by atoms with E-state index in [0.29, 0.717) is 16.0 Å². The van der Waals surface area contributed by atoms with Gasteiger partial charge in [-0.25, -0.2) is 4.39 Å². The third kappa shape index (κ3) is 4.44. The number of halogens is 3. The van der Waals surface area contributed by atoms with Crippen molar-refractivity contribution in [1.82, 2.24) is 5.32 Å². The smallest absolute Gasteiger partial charge is 0.147 e. The van der Waals surface area contributed by atoms with Crippen molar-refractivity contribution in [2.24, 2.45) is 5.92 Å². The van der Waals surface area contributed by atoms with Gasteiger partial charge in [0.15, 0.2) is 0 Å². The van der Waals surface area contributed by atoms with Gasteiger partial charge in [0.1, 0.15) is 5.82 Å². The van der Waals surface area contributed by atoms with Crippen LogP contribution >= 0.6 is 27.5 Å². The fraction of sp³-hybridized carbons (Fsp3) is 0.600. The molecule has 0 bridgehead atoms. The molecular weight excluding hydrogens is 329 g/mol. The molecule has 1 aromatic carbocycles. The van der Waals surface area contributed by atoms with Crippen molar-refractivity contribution in [1.29, 1.82) is 0 Å². The lowest BCUT2D eigenvalue weighted by Gasteiger charge is -2.26. The summed E-state index contributed by atoms with van der Waals surface area (Å²) >= 11 is 9.25. The van der Waals surface area contributed by atoms with Gasteiger partial charge in [0, 0.05) is 16.1 Å². The first-order valence-electron chi connectivity index (χ1n) is 6.89. The molecular formula is C15H22BrClFN. The number of hydrogen-bond donors (Lipinski definition) is 1. The minimum Gasteiger partial charge on any atom is -0.310 e. The van der Waals surface area contributed by atoms with Crippen LogP contribution in [0.3, 0.4) is 0 Å². The zero-order chi connectivity index (χ0) is 14.4. The molecule has 2 unspecified atom stereocenters. The molecule has 1 aromatic rings. The van der Waals surface area contributed by atoms with Gasteiger partial charge >= 0.3 is 0 Å². The van der Waals surface area contributed by atoms with Gasteiger partial charge in [-0.1, -0.05) is 44.9 Å². The standard InChI is InChI=1S/C15H22BrClFN/c1-4-6-10(3)15(19-9-5-2)11-7-8-12(16)13(17)14(11)18/h7-8,10,15,19H,4-6,9H2,1-3H3. The Morgan fingerprint density at radius 1 is 1.32 bits per heavy atom. The average molecular weight is 351 g/mol. The summed E-state index contributed by atoms with van der Waals surface area (Å²) in [6, 6.07) is 3.66. The van der Waals surface area contributed by atoms with E-state index >= 15 is 0 Å². The molecule has 4 heteroatoms. The Kier molecular flexibility index (Phi) is 7.33. The van der Waals surface area contributed by atoms with Gasteiger partial charge < -0.3 is 5.32 Å². The van der Waals surface area contributed by atoms with Crippen molar-refractivity contribution < 1.29 is 4.39 Å². The molecule has 0 heterocycles. The van der Waals surface area contributed by atoms with E-state index in [4.69, 9.17) is 11.6 Å². The lowest BCUT2D eigenvalue weighted by Crippen LogP contribution is -2.28. The SMILES string of the molecule is CCCNC(c1ccc(Br)c(Cl)c1F)C(C)CCC. The van der Waals surface area contributed by atoms with Crippen LogP contribution < -0.4 is 5.32 Å². The number of hydrogen-bond acceptors (Lipinski definition) is 1. The van der Waals surface area contributed by atoms with Crippen molar-refractivity contribution in [3.05, 3.63) is 33.0 Å². The highest BCUT2D eigenvalue weighted by molar-refractivity contribution is 9.10. The second-order valence-corrected chi connectivity index (χ2v) is 6.19. The first-order valence-corrected chi connectivity index (χ1v) is 8.06.